The number of amides is 1. The number of ether oxygens (including phenoxy) is 1. The first kappa shape index (κ1) is 20.2. The molecule has 0 spiro atoms. The van der Waals surface area contributed by atoms with E-state index in [9.17, 15) is 4.79 Å². The van der Waals surface area contributed by atoms with Gasteiger partial charge in [0.25, 0.3) is 5.91 Å². The highest BCUT2D eigenvalue weighted by molar-refractivity contribution is 5.94. The number of hydrogen-bond donors (Lipinski definition) is 0. The summed E-state index contributed by atoms with van der Waals surface area (Å²) in [7, 11) is 1.65. The van der Waals surface area contributed by atoms with Crippen molar-refractivity contribution in [2.45, 2.75) is 19.8 Å². The minimum absolute atomic E-state index is 0.0296. The summed E-state index contributed by atoms with van der Waals surface area (Å²) in [5.74, 6) is 1.35. The standard InChI is InChI=1S/C26H26N4O2/c1-18-12-14-29(15-13-18)26(31)22-16-23(20-10-6-7-11-24(20)32-2)30-25(27-22)17-21(28-30)19-8-4-3-5-9-19/h3-11,16-18H,12-15H2,1-2H3. The maximum absolute atomic E-state index is 13.4. The molecule has 0 unspecified atom stereocenters. The Morgan fingerprint density at radius 2 is 1.72 bits per heavy atom. The first-order valence-electron chi connectivity index (χ1n) is 11.0. The first-order valence-corrected chi connectivity index (χ1v) is 11.0. The minimum Gasteiger partial charge on any atom is -0.496 e. The van der Waals surface area contributed by atoms with Crippen LogP contribution in [0.25, 0.3) is 28.2 Å². The molecular formula is C26H26N4O2. The van der Waals surface area contributed by atoms with E-state index in [4.69, 9.17) is 14.8 Å². The van der Waals surface area contributed by atoms with Crippen molar-refractivity contribution >= 4 is 11.6 Å². The van der Waals surface area contributed by atoms with Crippen molar-refractivity contribution in [3.8, 4) is 28.3 Å². The molecule has 0 atom stereocenters. The molecule has 3 heterocycles. The summed E-state index contributed by atoms with van der Waals surface area (Å²) in [5.41, 5.74) is 4.54. The SMILES string of the molecule is COc1ccccc1-c1cc(C(=O)N2CCC(C)CC2)nc2cc(-c3ccccc3)nn12. The average Bonchev–Trinajstić information content (AvgIpc) is 3.28. The molecule has 0 bridgehead atoms. The highest BCUT2D eigenvalue weighted by Gasteiger charge is 2.24. The fourth-order valence-corrected chi connectivity index (χ4v) is 4.26. The van der Waals surface area contributed by atoms with Gasteiger partial charge in [0, 0.05) is 30.3 Å². The van der Waals surface area contributed by atoms with Crippen LogP contribution in [0.4, 0.5) is 0 Å². The van der Waals surface area contributed by atoms with Crippen LogP contribution in [0.1, 0.15) is 30.3 Å². The molecule has 6 nitrogen and oxygen atoms in total. The largest absolute Gasteiger partial charge is 0.496 e. The summed E-state index contributed by atoms with van der Waals surface area (Å²) in [6.07, 6.45) is 2.05. The third kappa shape index (κ3) is 3.73. The van der Waals surface area contributed by atoms with Crippen molar-refractivity contribution < 1.29 is 9.53 Å². The third-order valence-electron chi connectivity index (χ3n) is 6.17. The zero-order valence-electron chi connectivity index (χ0n) is 18.4. The van der Waals surface area contributed by atoms with Crippen molar-refractivity contribution in [1.29, 1.82) is 0 Å². The Morgan fingerprint density at radius 3 is 2.47 bits per heavy atom. The molecule has 0 N–H and O–H groups in total. The molecule has 162 valence electrons. The highest BCUT2D eigenvalue weighted by Crippen LogP contribution is 2.32. The first-order chi connectivity index (χ1) is 15.6. The van der Waals surface area contributed by atoms with Crippen LogP contribution in [-0.2, 0) is 0 Å². The smallest absolute Gasteiger partial charge is 0.272 e. The number of rotatable bonds is 4. The number of piperidine rings is 1. The fraction of sp³-hybridized carbons (Fsp3) is 0.269. The van der Waals surface area contributed by atoms with Gasteiger partial charge in [-0.3, -0.25) is 4.79 Å². The average molecular weight is 427 g/mol. The second kappa shape index (κ2) is 8.46. The van der Waals surface area contributed by atoms with Gasteiger partial charge in [-0.15, -0.1) is 0 Å². The molecule has 4 aromatic rings. The molecule has 1 amide bonds. The number of fused-ring (bicyclic) bond motifs is 1. The zero-order valence-corrected chi connectivity index (χ0v) is 18.4. The molecule has 0 aliphatic carbocycles. The molecule has 1 aliphatic heterocycles. The predicted octanol–water partition coefficient (Wildman–Crippen LogP) is 4.94. The fourth-order valence-electron chi connectivity index (χ4n) is 4.26. The van der Waals surface area contributed by atoms with Crippen LogP contribution in [0.5, 0.6) is 5.75 Å². The quantitative estimate of drug-likeness (QED) is 0.464. The van der Waals surface area contributed by atoms with Crippen molar-refractivity contribution in [3.63, 3.8) is 0 Å². The molecule has 32 heavy (non-hydrogen) atoms. The Morgan fingerprint density at radius 1 is 1.00 bits per heavy atom. The van der Waals surface area contributed by atoms with Crippen LogP contribution in [0.3, 0.4) is 0 Å². The van der Waals surface area contributed by atoms with Gasteiger partial charge in [-0.2, -0.15) is 5.10 Å². The van der Waals surface area contributed by atoms with Gasteiger partial charge >= 0.3 is 0 Å². The molecule has 2 aromatic carbocycles. The van der Waals surface area contributed by atoms with Gasteiger partial charge in [-0.05, 0) is 37.0 Å². The van der Waals surface area contributed by atoms with Crippen molar-refractivity contribution in [2.24, 2.45) is 5.92 Å². The summed E-state index contributed by atoms with van der Waals surface area (Å²) in [6.45, 7) is 3.78. The van der Waals surface area contributed by atoms with E-state index in [0.717, 1.165) is 54.2 Å². The van der Waals surface area contributed by atoms with E-state index < -0.39 is 0 Å². The lowest BCUT2D eigenvalue weighted by Crippen LogP contribution is -2.38. The number of para-hydroxylation sites is 1. The Hall–Kier alpha value is -3.67. The van der Waals surface area contributed by atoms with Crippen molar-refractivity contribution in [3.05, 3.63) is 72.4 Å². The Bertz CT molecular complexity index is 1260. The summed E-state index contributed by atoms with van der Waals surface area (Å²) in [5, 5.41) is 4.83. The Kier molecular flexibility index (Phi) is 5.35. The lowest BCUT2D eigenvalue weighted by atomic mass is 9.99. The van der Waals surface area contributed by atoms with Crippen LogP contribution < -0.4 is 4.74 Å². The second-order valence-corrected chi connectivity index (χ2v) is 8.37. The molecule has 1 saturated heterocycles. The van der Waals surface area contributed by atoms with Crippen molar-refractivity contribution in [2.75, 3.05) is 20.2 Å². The summed E-state index contributed by atoms with van der Waals surface area (Å²) >= 11 is 0. The van der Waals surface area contributed by atoms with Gasteiger partial charge in [0.2, 0.25) is 0 Å². The van der Waals surface area contributed by atoms with Crippen LogP contribution >= 0.6 is 0 Å². The normalized spacial score (nSPS) is 14.6. The highest BCUT2D eigenvalue weighted by atomic mass is 16.5. The molecule has 2 aromatic heterocycles. The number of likely N-dealkylation sites (tertiary alicyclic amines) is 1. The van der Waals surface area contributed by atoms with Gasteiger partial charge in [-0.25, -0.2) is 9.50 Å². The van der Waals surface area contributed by atoms with Gasteiger partial charge in [0.15, 0.2) is 5.65 Å². The van der Waals surface area contributed by atoms with Crippen LogP contribution in [0, 0.1) is 5.92 Å². The Labute approximate surface area is 187 Å². The summed E-state index contributed by atoms with van der Waals surface area (Å²) < 4.78 is 7.41. The van der Waals surface area contributed by atoms with Gasteiger partial charge in [0.05, 0.1) is 18.5 Å². The molecule has 0 radical (unpaired) electrons. The van der Waals surface area contributed by atoms with E-state index >= 15 is 0 Å². The van der Waals surface area contributed by atoms with E-state index in [1.165, 1.54) is 0 Å². The van der Waals surface area contributed by atoms with Crippen LogP contribution in [-0.4, -0.2) is 45.6 Å². The van der Waals surface area contributed by atoms with E-state index in [1.54, 1.807) is 11.6 Å². The van der Waals surface area contributed by atoms with E-state index in [-0.39, 0.29) is 5.91 Å². The number of nitrogens with zero attached hydrogens (tertiary/aromatic N) is 4. The number of benzene rings is 2. The van der Waals surface area contributed by atoms with E-state index in [1.807, 2.05) is 71.6 Å². The molecule has 6 heteroatoms. The molecule has 1 fully saturated rings. The van der Waals surface area contributed by atoms with Crippen LogP contribution in [0.2, 0.25) is 0 Å². The predicted molar refractivity (Wildman–Crippen MR) is 125 cm³/mol. The van der Waals surface area contributed by atoms with E-state index in [0.29, 0.717) is 17.3 Å². The zero-order chi connectivity index (χ0) is 22.1. The topological polar surface area (TPSA) is 59.7 Å². The van der Waals surface area contributed by atoms with Crippen molar-refractivity contribution in [1.82, 2.24) is 19.5 Å². The van der Waals surface area contributed by atoms with Gasteiger partial charge in [-0.1, -0.05) is 49.4 Å². The number of carbonyl (C=O) groups is 1. The number of methoxy groups -OCH3 is 1. The van der Waals surface area contributed by atoms with Gasteiger partial charge in [0.1, 0.15) is 11.4 Å². The second-order valence-electron chi connectivity index (χ2n) is 8.37. The lowest BCUT2D eigenvalue weighted by Gasteiger charge is -2.30. The third-order valence-corrected chi connectivity index (χ3v) is 6.17. The maximum Gasteiger partial charge on any atom is 0.272 e. The number of hydrogen-bond acceptors (Lipinski definition) is 4. The molecule has 5 rings (SSSR count). The molecule has 0 saturated carbocycles. The van der Waals surface area contributed by atoms with Crippen LogP contribution in [0.15, 0.2) is 66.7 Å². The number of carbonyl (C=O) groups excluding carboxylic acids is 1. The van der Waals surface area contributed by atoms with Gasteiger partial charge < -0.3 is 9.64 Å². The maximum atomic E-state index is 13.4. The monoisotopic (exact) mass is 426 g/mol. The Balaban J connectivity index is 1.66. The molecular weight excluding hydrogens is 400 g/mol. The summed E-state index contributed by atoms with van der Waals surface area (Å²) in [6, 6.07) is 21.5. The molecule has 1 aliphatic rings. The minimum atomic E-state index is -0.0296. The van der Waals surface area contributed by atoms with E-state index in [2.05, 4.69) is 6.92 Å². The summed E-state index contributed by atoms with van der Waals surface area (Å²) in [4.78, 5) is 20.0. The number of aromatic nitrogens is 3. The lowest BCUT2D eigenvalue weighted by molar-refractivity contribution is 0.0691.